The molecule has 5 heterocycles. The third-order valence-corrected chi connectivity index (χ3v) is 6.55. The summed E-state index contributed by atoms with van der Waals surface area (Å²) in [4.78, 5) is 2.46. The van der Waals surface area contributed by atoms with Gasteiger partial charge in [0, 0.05) is 23.3 Å². The van der Waals surface area contributed by atoms with Crippen molar-refractivity contribution in [3.8, 4) is 16.9 Å². The molecule has 32 heavy (non-hydrogen) atoms. The Bertz CT molecular complexity index is 1490. The Morgan fingerprint density at radius 2 is 1.47 bits per heavy atom. The predicted octanol–water partition coefficient (Wildman–Crippen LogP) is 5.60. The highest BCUT2D eigenvalue weighted by molar-refractivity contribution is 6.05. The molecular weight excluding hydrogens is 390 g/mol. The van der Waals surface area contributed by atoms with E-state index in [0.29, 0.717) is 0 Å². The molecule has 4 aliphatic rings. The molecule has 0 radical (unpaired) electrons. The van der Waals surface area contributed by atoms with Crippen LogP contribution in [-0.4, -0.2) is 10.7 Å². The van der Waals surface area contributed by atoms with E-state index in [1.54, 1.807) is 0 Å². The van der Waals surface area contributed by atoms with Gasteiger partial charge in [-0.05, 0) is 54.6 Å². The number of para-hydroxylation sites is 2. The zero-order valence-electron chi connectivity index (χ0n) is 17.5. The smallest absolute Gasteiger partial charge is 0.190 e. The molecule has 0 atom stereocenters. The highest BCUT2D eigenvalue weighted by Crippen LogP contribution is 2.37. The summed E-state index contributed by atoms with van der Waals surface area (Å²) < 4.78 is 4.81. The van der Waals surface area contributed by atoms with Crippen molar-refractivity contribution in [2.75, 3.05) is 0 Å². The molecule has 1 aromatic heterocycles. The number of pyridine rings is 1. The molecule has 0 amide bonds. The first-order valence-electron chi connectivity index (χ1n) is 11.0. The lowest BCUT2D eigenvalue weighted by molar-refractivity contribution is -0.572. The van der Waals surface area contributed by atoms with Crippen molar-refractivity contribution in [1.29, 1.82) is 0 Å². The number of hydrogen-bond acceptors (Lipinski definition) is 1. The van der Waals surface area contributed by atoms with Crippen LogP contribution in [-0.2, 0) is 6.54 Å². The van der Waals surface area contributed by atoms with Crippen molar-refractivity contribution >= 4 is 23.0 Å². The van der Waals surface area contributed by atoms with Crippen molar-refractivity contribution in [3.63, 3.8) is 0 Å². The number of amidine groups is 1. The van der Waals surface area contributed by atoms with E-state index in [1.807, 2.05) is 0 Å². The second-order valence-electron chi connectivity index (χ2n) is 8.31. The first kappa shape index (κ1) is 17.4. The van der Waals surface area contributed by atoms with Gasteiger partial charge < -0.3 is 0 Å². The Morgan fingerprint density at radius 3 is 2.38 bits per heavy atom. The van der Waals surface area contributed by atoms with Crippen LogP contribution in [0, 0.1) is 0 Å². The zero-order valence-corrected chi connectivity index (χ0v) is 17.5. The summed E-state index contributed by atoms with van der Waals surface area (Å²) in [6, 6.07) is 34.9. The maximum absolute atomic E-state index is 2.46. The quantitative estimate of drug-likeness (QED) is 0.371. The van der Waals surface area contributed by atoms with E-state index in [0.717, 1.165) is 23.9 Å². The summed E-state index contributed by atoms with van der Waals surface area (Å²) in [5.41, 5.74) is 8.61. The number of hydrogen-bond donors (Lipinski definition) is 0. The lowest BCUT2D eigenvalue weighted by Crippen LogP contribution is -2.45. The van der Waals surface area contributed by atoms with E-state index in [4.69, 9.17) is 0 Å². The molecule has 0 unspecified atom stereocenters. The molecule has 3 nitrogen and oxygen atoms in total. The Balaban J connectivity index is 1.73. The lowest BCUT2D eigenvalue weighted by Gasteiger charge is -2.24. The van der Waals surface area contributed by atoms with Crippen molar-refractivity contribution in [2.45, 2.75) is 6.54 Å². The summed E-state index contributed by atoms with van der Waals surface area (Å²) in [5, 5.41) is 0. The van der Waals surface area contributed by atoms with Gasteiger partial charge in [0.05, 0.1) is 5.56 Å². The second kappa shape index (κ2) is 6.63. The summed E-state index contributed by atoms with van der Waals surface area (Å²) in [5.74, 6) is 2.29. The highest BCUT2D eigenvalue weighted by Gasteiger charge is 2.42. The van der Waals surface area contributed by atoms with Crippen LogP contribution in [0.15, 0.2) is 115 Å². The first-order valence-corrected chi connectivity index (χ1v) is 11.0. The molecule has 3 aromatic carbocycles. The Hall–Kier alpha value is -4.24. The summed E-state index contributed by atoms with van der Waals surface area (Å²) in [6.45, 7) is 0.803. The van der Waals surface area contributed by atoms with Gasteiger partial charge in [0.1, 0.15) is 6.54 Å². The van der Waals surface area contributed by atoms with Gasteiger partial charge in [0.15, 0.2) is 22.8 Å². The largest absolute Gasteiger partial charge is 0.351 e. The Morgan fingerprint density at radius 1 is 0.688 bits per heavy atom. The van der Waals surface area contributed by atoms with Gasteiger partial charge in [0.2, 0.25) is 0 Å². The predicted molar refractivity (Wildman–Crippen MR) is 129 cm³/mol. The molecule has 6 bridgehead atoms. The van der Waals surface area contributed by atoms with E-state index in [9.17, 15) is 0 Å². The van der Waals surface area contributed by atoms with Crippen molar-refractivity contribution in [2.24, 2.45) is 0 Å². The van der Waals surface area contributed by atoms with Crippen LogP contribution in [0.1, 0.15) is 11.1 Å². The number of aromatic nitrogens is 1. The molecule has 3 heteroatoms. The molecule has 8 rings (SSSR count). The van der Waals surface area contributed by atoms with Gasteiger partial charge in [-0.1, -0.05) is 48.5 Å². The van der Waals surface area contributed by atoms with Crippen molar-refractivity contribution < 1.29 is 4.57 Å². The van der Waals surface area contributed by atoms with E-state index < -0.39 is 0 Å². The average molecular weight is 412 g/mol. The molecular formula is C29H21N3+2. The molecule has 0 saturated carbocycles. The number of rotatable bonds is 1. The number of allylic oxidation sites excluding steroid dienone is 2. The zero-order chi connectivity index (χ0) is 21.1. The maximum atomic E-state index is 2.46. The third kappa shape index (κ3) is 2.36. The topological polar surface area (TPSA) is 10.1 Å². The molecule has 0 saturated heterocycles. The lowest BCUT2D eigenvalue weighted by atomic mass is 10.0. The Kier molecular flexibility index (Phi) is 3.61. The minimum atomic E-state index is 0.803. The van der Waals surface area contributed by atoms with Gasteiger partial charge in [-0.25, -0.2) is 0 Å². The van der Waals surface area contributed by atoms with Crippen LogP contribution >= 0.6 is 0 Å². The van der Waals surface area contributed by atoms with Crippen LogP contribution in [0.25, 0.3) is 22.6 Å². The highest BCUT2D eigenvalue weighted by atomic mass is 15.3. The van der Waals surface area contributed by atoms with Gasteiger partial charge in [0.25, 0.3) is 0 Å². The molecule has 4 aromatic rings. The van der Waals surface area contributed by atoms with Gasteiger partial charge >= 0.3 is 11.7 Å². The normalized spacial score (nSPS) is 15.2. The third-order valence-electron chi connectivity index (χ3n) is 6.55. The average Bonchev–Trinajstić information content (AvgIpc) is 2.92. The summed E-state index contributed by atoms with van der Waals surface area (Å²) in [7, 11) is 0. The standard InChI is InChI=1S/C29H21N3/c1-2-11-22(12-3-1)31-28-18-8-16-25-24-14-6-7-15-27(24)32-26(17-9-19-29(31)32)23-13-5-4-10-21(23)20-30(25)28/h1-19H,20H2/q+2. The van der Waals surface area contributed by atoms with Gasteiger partial charge in [-0.2, -0.15) is 9.47 Å². The molecule has 0 aliphatic carbocycles. The number of benzene rings is 3. The monoisotopic (exact) mass is 411 g/mol. The molecule has 0 fully saturated rings. The van der Waals surface area contributed by atoms with Crippen LogP contribution in [0.4, 0.5) is 11.5 Å². The Labute approximate surface area is 187 Å². The van der Waals surface area contributed by atoms with Crippen LogP contribution in [0.3, 0.4) is 0 Å². The maximum Gasteiger partial charge on any atom is 0.351 e. The minimum Gasteiger partial charge on any atom is -0.190 e. The summed E-state index contributed by atoms with van der Waals surface area (Å²) in [6.07, 6.45) is 6.65. The molecule has 0 spiro atoms. The molecule has 150 valence electrons. The fraction of sp³-hybridized carbons (Fsp3) is 0.0345. The fourth-order valence-electron chi connectivity index (χ4n) is 5.18. The van der Waals surface area contributed by atoms with Gasteiger partial charge in [-0.3, -0.25) is 0 Å². The minimum absolute atomic E-state index is 0.803. The van der Waals surface area contributed by atoms with Crippen LogP contribution in [0.2, 0.25) is 0 Å². The van der Waals surface area contributed by atoms with Crippen LogP contribution in [0.5, 0.6) is 0 Å². The van der Waals surface area contributed by atoms with Gasteiger partial charge in [-0.15, -0.1) is 4.58 Å². The van der Waals surface area contributed by atoms with E-state index in [1.165, 1.54) is 33.8 Å². The fourth-order valence-corrected chi connectivity index (χ4v) is 5.18. The molecule has 0 N–H and O–H groups in total. The summed E-state index contributed by atoms with van der Waals surface area (Å²) >= 11 is 0. The van der Waals surface area contributed by atoms with E-state index in [2.05, 4.69) is 129 Å². The number of nitrogens with zero attached hydrogens (tertiary/aromatic N) is 3. The van der Waals surface area contributed by atoms with E-state index >= 15 is 0 Å². The van der Waals surface area contributed by atoms with Crippen molar-refractivity contribution in [1.82, 2.24) is 9.48 Å². The van der Waals surface area contributed by atoms with Crippen molar-refractivity contribution in [3.05, 3.63) is 126 Å². The van der Waals surface area contributed by atoms with E-state index in [-0.39, 0.29) is 0 Å². The SMILES string of the molecule is C1=CC2=[N+](c3ccccc3)c3cccc4[n+]3-c3ccccc3C(=C1)N2Cc1ccccc1-4. The molecule has 4 aliphatic heterocycles. The first-order chi connectivity index (χ1) is 15.9. The second-order valence-corrected chi connectivity index (χ2v) is 8.31. The van der Waals surface area contributed by atoms with Crippen LogP contribution < -0.4 is 9.14 Å².